The fourth-order valence-electron chi connectivity index (χ4n) is 4.67. The van der Waals surface area contributed by atoms with Crippen LogP contribution in [-0.2, 0) is 19.1 Å². The zero-order valence-corrected chi connectivity index (χ0v) is 28.7. The number of carbonyl (C=O) groups excluding carboxylic acids is 2. The Bertz CT molecular complexity index is 825. The molecule has 0 fully saturated rings. The highest BCUT2D eigenvalue weighted by atomic mass is 16.6. The van der Waals surface area contributed by atoms with Crippen LogP contribution in [0.3, 0.4) is 0 Å². The van der Waals surface area contributed by atoms with Gasteiger partial charge >= 0.3 is 11.9 Å². The molecule has 0 saturated heterocycles. The third-order valence-electron chi connectivity index (χ3n) is 7.41. The lowest BCUT2D eigenvalue weighted by Crippen LogP contribution is -2.28. The largest absolute Gasteiger partial charge is 0.462 e. The van der Waals surface area contributed by atoms with Gasteiger partial charge in [0.05, 0.1) is 12.7 Å². The van der Waals surface area contributed by atoms with Crippen LogP contribution in [0.5, 0.6) is 0 Å². The van der Waals surface area contributed by atoms with Crippen LogP contribution in [0, 0.1) is 0 Å². The average Bonchev–Trinajstić information content (AvgIpc) is 3.03. The number of allylic oxidation sites excluding steroid dienone is 8. The summed E-state index contributed by atoms with van der Waals surface area (Å²) in [6.07, 6.45) is 40.2. The number of unbranched alkanes of at least 4 members (excludes halogenated alkanes) is 13. The van der Waals surface area contributed by atoms with Crippen molar-refractivity contribution >= 4 is 11.9 Å². The molecule has 0 aliphatic rings. The summed E-state index contributed by atoms with van der Waals surface area (Å²) in [6.45, 7) is 3.88. The summed E-state index contributed by atoms with van der Waals surface area (Å²) in [5.41, 5.74) is 0. The normalized spacial score (nSPS) is 13.6. The van der Waals surface area contributed by atoms with E-state index >= 15 is 0 Å². The molecule has 0 heterocycles. The summed E-state index contributed by atoms with van der Waals surface area (Å²) in [5.74, 6) is -0.701. The minimum absolute atomic E-state index is 0.107. The number of rotatable bonds is 31. The first kappa shape index (κ1) is 42.6. The molecule has 0 aromatic heterocycles. The fourth-order valence-corrected chi connectivity index (χ4v) is 4.67. The highest BCUT2D eigenvalue weighted by Crippen LogP contribution is 2.13. The predicted octanol–water partition coefficient (Wildman–Crippen LogP) is 9.81. The second-order valence-electron chi connectivity index (χ2n) is 11.8. The third-order valence-corrected chi connectivity index (χ3v) is 7.41. The van der Waals surface area contributed by atoms with Crippen LogP contribution in [0.2, 0.25) is 0 Å². The molecule has 0 spiro atoms. The van der Waals surface area contributed by atoms with Crippen LogP contribution in [0.15, 0.2) is 60.8 Å². The first-order chi connectivity index (χ1) is 22.0. The summed E-state index contributed by atoms with van der Waals surface area (Å²) in [6, 6.07) is 0. The van der Waals surface area contributed by atoms with E-state index in [0.29, 0.717) is 19.3 Å². The molecule has 0 saturated carbocycles. The molecule has 258 valence electrons. The first-order valence-corrected chi connectivity index (χ1v) is 18.0. The molecule has 0 rings (SSSR count). The van der Waals surface area contributed by atoms with Gasteiger partial charge in [0.15, 0.2) is 6.10 Å². The van der Waals surface area contributed by atoms with Crippen molar-refractivity contribution in [3.63, 3.8) is 0 Å². The van der Waals surface area contributed by atoms with Crippen molar-refractivity contribution < 1.29 is 29.3 Å². The van der Waals surface area contributed by atoms with Crippen molar-refractivity contribution in [3.8, 4) is 0 Å². The van der Waals surface area contributed by atoms with Crippen molar-refractivity contribution in [2.24, 2.45) is 0 Å². The fraction of sp³-hybridized carbons (Fsp3) is 0.692. The van der Waals surface area contributed by atoms with Gasteiger partial charge in [0.2, 0.25) is 0 Å². The zero-order valence-electron chi connectivity index (χ0n) is 28.7. The van der Waals surface area contributed by atoms with Gasteiger partial charge in [0.1, 0.15) is 6.61 Å². The second kappa shape index (κ2) is 34.4. The first-order valence-electron chi connectivity index (χ1n) is 18.0. The number of hydrogen-bond acceptors (Lipinski definition) is 6. The van der Waals surface area contributed by atoms with Crippen molar-refractivity contribution in [1.82, 2.24) is 0 Å². The zero-order chi connectivity index (χ0) is 33.1. The van der Waals surface area contributed by atoms with Gasteiger partial charge < -0.3 is 19.7 Å². The summed E-state index contributed by atoms with van der Waals surface area (Å²) in [7, 11) is 0. The second-order valence-corrected chi connectivity index (χ2v) is 11.8. The minimum atomic E-state index is -0.820. The van der Waals surface area contributed by atoms with Gasteiger partial charge in [-0.25, -0.2) is 0 Å². The number of carbonyl (C=O) groups is 2. The molecular weight excluding hydrogens is 564 g/mol. The molecular formula is C39H66O6. The van der Waals surface area contributed by atoms with E-state index in [-0.39, 0.29) is 25.6 Å². The van der Waals surface area contributed by atoms with E-state index in [1.807, 2.05) is 36.5 Å². The molecule has 0 aromatic rings. The molecule has 0 amide bonds. The Morgan fingerprint density at radius 3 is 1.87 bits per heavy atom. The van der Waals surface area contributed by atoms with Gasteiger partial charge in [-0.3, -0.25) is 9.59 Å². The van der Waals surface area contributed by atoms with Gasteiger partial charge in [-0.1, -0.05) is 152 Å². The summed E-state index contributed by atoms with van der Waals surface area (Å²) < 4.78 is 10.5. The minimum Gasteiger partial charge on any atom is -0.462 e. The molecule has 0 aliphatic heterocycles. The molecule has 0 aliphatic carbocycles. The van der Waals surface area contributed by atoms with E-state index in [1.54, 1.807) is 6.08 Å². The van der Waals surface area contributed by atoms with Crippen LogP contribution in [0.4, 0.5) is 0 Å². The topological polar surface area (TPSA) is 93.1 Å². The predicted molar refractivity (Wildman–Crippen MR) is 188 cm³/mol. The highest BCUT2D eigenvalue weighted by Gasteiger charge is 2.15. The summed E-state index contributed by atoms with van der Waals surface area (Å²) in [5, 5.41) is 19.5. The van der Waals surface area contributed by atoms with E-state index in [2.05, 4.69) is 32.1 Å². The number of hydrogen-bond donors (Lipinski definition) is 2. The standard InChI is InChI=1S/C39H66O6/c1-3-5-7-9-11-12-13-14-15-16-20-24-28-32-38(42)44-35-37(34-40)45-39(43)33-29-25-21-18-17-19-23-27-31-36(41)30-26-22-10-8-6-4-2/h6,8,18-19,21-23,26-27,31,36-37,40-41H,3-5,7,9-17,20,24-25,28-30,32-35H2,1-2H3/b8-6-,21-18-,23-19-,26-22-,31-27+/t36?,37-/m0/s1. The highest BCUT2D eigenvalue weighted by molar-refractivity contribution is 5.70. The molecule has 2 atom stereocenters. The molecule has 6 nitrogen and oxygen atoms in total. The molecule has 45 heavy (non-hydrogen) atoms. The maximum absolute atomic E-state index is 12.1. The van der Waals surface area contributed by atoms with Gasteiger partial charge in [-0.05, 0) is 44.9 Å². The van der Waals surface area contributed by atoms with Crippen LogP contribution < -0.4 is 0 Å². The Labute approximate surface area is 275 Å². The van der Waals surface area contributed by atoms with E-state index < -0.39 is 18.2 Å². The lowest BCUT2D eigenvalue weighted by molar-refractivity contribution is -0.161. The Balaban J connectivity index is 3.78. The lowest BCUT2D eigenvalue weighted by atomic mass is 10.0. The van der Waals surface area contributed by atoms with Crippen molar-refractivity contribution in [1.29, 1.82) is 0 Å². The van der Waals surface area contributed by atoms with E-state index in [4.69, 9.17) is 9.47 Å². The Morgan fingerprint density at radius 2 is 1.22 bits per heavy atom. The number of esters is 2. The SMILES string of the molecule is CC/C=C\C/C=C\CC(O)/C=C/C=C\C/C=C\CCCC(=O)O[C@@H](CO)COC(=O)CCCCCCCCCCCCCCC. The van der Waals surface area contributed by atoms with Crippen LogP contribution in [0.25, 0.3) is 0 Å². The molecule has 2 N–H and O–H groups in total. The van der Waals surface area contributed by atoms with Crippen molar-refractivity contribution in [3.05, 3.63) is 60.8 Å². The molecule has 0 bridgehead atoms. The lowest BCUT2D eigenvalue weighted by Gasteiger charge is -2.15. The Hall–Kier alpha value is -2.44. The Kier molecular flexibility index (Phi) is 32.6. The van der Waals surface area contributed by atoms with Gasteiger partial charge in [0, 0.05) is 12.8 Å². The smallest absolute Gasteiger partial charge is 0.306 e. The van der Waals surface area contributed by atoms with E-state index in [1.165, 1.54) is 64.2 Å². The number of ether oxygens (including phenoxy) is 2. The van der Waals surface area contributed by atoms with Gasteiger partial charge in [-0.2, -0.15) is 0 Å². The van der Waals surface area contributed by atoms with Crippen molar-refractivity contribution in [2.75, 3.05) is 13.2 Å². The number of aliphatic hydroxyl groups is 2. The number of aliphatic hydroxyl groups excluding tert-OH is 2. The van der Waals surface area contributed by atoms with Crippen LogP contribution >= 0.6 is 0 Å². The molecule has 6 heteroatoms. The summed E-state index contributed by atoms with van der Waals surface area (Å²) >= 11 is 0. The maximum Gasteiger partial charge on any atom is 0.306 e. The van der Waals surface area contributed by atoms with Crippen LogP contribution in [0.1, 0.15) is 149 Å². The van der Waals surface area contributed by atoms with Crippen LogP contribution in [-0.4, -0.2) is 47.6 Å². The van der Waals surface area contributed by atoms with Gasteiger partial charge in [-0.15, -0.1) is 0 Å². The van der Waals surface area contributed by atoms with Gasteiger partial charge in [0.25, 0.3) is 0 Å². The monoisotopic (exact) mass is 630 g/mol. The van der Waals surface area contributed by atoms with E-state index in [9.17, 15) is 19.8 Å². The molecule has 1 unspecified atom stereocenters. The third kappa shape index (κ3) is 32.8. The van der Waals surface area contributed by atoms with Crippen molar-refractivity contribution in [2.45, 2.75) is 161 Å². The van der Waals surface area contributed by atoms with E-state index in [0.717, 1.165) is 44.9 Å². The summed E-state index contributed by atoms with van der Waals surface area (Å²) in [4.78, 5) is 24.1. The quantitative estimate of drug-likeness (QED) is 0.0343. The average molecular weight is 631 g/mol. The Morgan fingerprint density at radius 1 is 0.644 bits per heavy atom. The maximum atomic E-state index is 12.1. The molecule has 0 radical (unpaired) electrons. The molecule has 0 aromatic carbocycles.